The number of carbonyl (C=O) groups is 2. The Morgan fingerprint density at radius 3 is 1.81 bits per heavy atom. The molecule has 2 atom stereocenters. The summed E-state index contributed by atoms with van der Waals surface area (Å²) < 4.78 is 65.5. The standard InChI is InChI=1S/C21H21F5N2O3/c22-20(23,21(24,25)26)17(29)16(28-19(31)15-10-5-2-6-11-15)12-7-13-27-18(30)14-8-3-1-4-9-14/h1-6,8-11,16-17,29H,7,12-13H2,(H,27,30)(H,28,31). The van der Waals surface area contributed by atoms with Gasteiger partial charge in [-0.1, -0.05) is 36.4 Å². The van der Waals surface area contributed by atoms with E-state index in [4.69, 9.17) is 0 Å². The third-order valence-electron chi connectivity index (χ3n) is 4.50. The van der Waals surface area contributed by atoms with Crippen molar-refractivity contribution in [2.75, 3.05) is 6.54 Å². The van der Waals surface area contributed by atoms with Crippen LogP contribution in [0.15, 0.2) is 60.7 Å². The first-order valence-corrected chi connectivity index (χ1v) is 9.36. The normalized spacial score (nSPS) is 13.9. The summed E-state index contributed by atoms with van der Waals surface area (Å²) in [6, 6.07) is 13.4. The zero-order chi connectivity index (χ0) is 23.1. The number of carbonyl (C=O) groups excluding carboxylic acids is 2. The molecule has 168 valence electrons. The van der Waals surface area contributed by atoms with Crippen LogP contribution < -0.4 is 10.6 Å². The molecule has 2 aromatic carbocycles. The Labute approximate surface area is 175 Å². The maximum Gasteiger partial charge on any atom is 0.456 e. The van der Waals surface area contributed by atoms with E-state index in [-0.39, 0.29) is 18.5 Å². The number of aliphatic hydroxyl groups excluding tert-OH is 1. The van der Waals surface area contributed by atoms with E-state index in [0.717, 1.165) is 0 Å². The highest BCUT2D eigenvalue weighted by atomic mass is 19.4. The molecule has 2 amide bonds. The molecule has 0 fully saturated rings. The van der Waals surface area contributed by atoms with Gasteiger partial charge in [-0.15, -0.1) is 0 Å². The van der Waals surface area contributed by atoms with Crippen molar-refractivity contribution in [3.05, 3.63) is 71.8 Å². The predicted molar refractivity (Wildman–Crippen MR) is 103 cm³/mol. The molecule has 31 heavy (non-hydrogen) atoms. The smallest absolute Gasteiger partial charge is 0.384 e. The zero-order valence-electron chi connectivity index (χ0n) is 16.2. The second-order valence-electron chi connectivity index (χ2n) is 6.78. The van der Waals surface area contributed by atoms with Crippen molar-refractivity contribution in [1.29, 1.82) is 0 Å². The lowest BCUT2D eigenvalue weighted by Crippen LogP contribution is -2.57. The molecular weight excluding hydrogens is 423 g/mol. The molecule has 0 saturated carbocycles. The van der Waals surface area contributed by atoms with E-state index < -0.39 is 42.5 Å². The van der Waals surface area contributed by atoms with Gasteiger partial charge in [0.2, 0.25) is 0 Å². The fourth-order valence-corrected chi connectivity index (χ4v) is 2.79. The molecule has 0 aliphatic heterocycles. The van der Waals surface area contributed by atoms with Crippen molar-refractivity contribution >= 4 is 11.8 Å². The van der Waals surface area contributed by atoms with E-state index in [0.29, 0.717) is 5.56 Å². The summed E-state index contributed by atoms with van der Waals surface area (Å²) in [5.41, 5.74) is 0.382. The summed E-state index contributed by atoms with van der Waals surface area (Å²) in [4.78, 5) is 24.2. The van der Waals surface area contributed by atoms with Gasteiger partial charge in [-0.3, -0.25) is 9.59 Å². The molecule has 2 aromatic rings. The Kier molecular flexibility index (Phi) is 8.09. The van der Waals surface area contributed by atoms with E-state index in [1.54, 1.807) is 36.4 Å². The van der Waals surface area contributed by atoms with Gasteiger partial charge >= 0.3 is 12.1 Å². The van der Waals surface area contributed by atoms with Gasteiger partial charge in [0.15, 0.2) is 0 Å². The summed E-state index contributed by atoms with van der Waals surface area (Å²) in [5.74, 6) is -6.79. The van der Waals surface area contributed by atoms with Gasteiger partial charge in [-0.2, -0.15) is 22.0 Å². The van der Waals surface area contributed by atoms with Crippen LogP contribution in [0, 0.1) is 0 Å². The summed E-state index contributed by atoms with van der Waals surface area (Å²) in [5, 5.41) is 14.3. The van der Waals surface area contributed by atoms with E-state index in [2.05, 4.69) is 5.32 Å². The molecular formula is C21H21F5N2O3. The molecule has 0 radical (unpaired) electrons. The van der Waals surface area contributed by atoms with Gasteiger partial charge in [0, 0.05) is 17.7 Å². The molecule has 0 aliphatic carbocycles. The number of amides is 2. The molecule has 0 spiro atoms. The topological polar surface area (TPSA) is 78.4 Å². The Bertz CT molecular complexity index is 860. The van der Waals surface area contributed by atoms with Crippen LogP contribution in [0.2, 0.25) is 0 Å². The third-order valence-corrected chi connectivity index (χ3v) is 4.50. The predicted octanol–water partition coefficient (Wildman–Crippen LogP) is 3.55. The first kappa shape index (κ1) is 24.3. The van der Waals surface area contributed by atoms with E-state index in [1.807, 2.05) is 5.32 Å². The highest BCUT2D eigenvalue weighted by Gasteiger charge is 2.64. The monoisotopic (exact) mass is 444 g/mol. The fourth-order valence-electron chi connectivity index (χ4n) is 2.79. The Hall–Kier alpha value is -3.01. The number of nitrogens with one attached hydrogen (secondary N) is 2. The molecule has 0 saturated heterocycles. The Morgan fingerprint density at radius 2 is 1.32 bits per heavy atom. The van der Waals surface area contributed by atoms with Crippen LogP contribution in [0.25, 0.3) is 0 Å². The maximum atomic E-state index is 13.7. The minimum atomic E-state index is -6.00. The average Bonchev–Trinajstić information content (AvgIpc) is 2.75. The number of hydrogen-bond donors (Lipinski definition) is 3. The van der Waals surface area contributed by atoms with Gasteiger partial charge in [-0.05, 0) is 37.1 Å². The number of rotatable bonds is 9. The fraction of sp³-hybridized carbons (Fsp3) is 0.333. The van der Waals surface area contributed by atoms with E-state index >= 15 is 0 Å². The molecule has 3 N–H and O–H groups in total. The van der Waals surface area contributed by atoms with Crippen LogP contribution in [0.1, 0.15) is 33.6 Å². The zero-order valence-corrected chi connectivity index (χ0v) is 16.2. The van der Waals surface area contributed by atoms with Crippen LogP contribution >= 0.6 is 0 Å². The average molecular weight is 444 g/mol. The third kappa shape index (κ3) is 6.48. The summed E-state index contributed by atoms with van der Waals surface area (Å²) in [6.07, 6.45) is -9.70. The van der Waals surface area contributed by atoms with Crippen LogP contribution in [-0.2, 0) is 0 Å². The Morgan fingerprint density at radius 1 is 0.839 bits per heavy atom. The number of halogens is 5. The van der Waals surface area contributed by atoms with Crippen LogP contribution in [-0.4, -0.2) is 47.7 Å². The minimum absolute atomic E-state index is 0.0346. The van der Waals surface area contributed by atoms with Gasteiger partial charge < -0.3 is 15.7 Å². The molecule has 0 aromatic heterocycles. The number of alkyl halides is 5. The highest BCUT2D eigenvalue weighted by molar-refractivity contribution is 5.94. The molecule has 0 aliphatic rings. The lowest BCUT2D eigenvalue weighted by Gasteiger charge is -2.31. The molecule has 0 heterocycles. The molecule has 5 nitrogen and oxygen atoms in total. The summed E-state index contributed by atoms with van der Waals surface area (Å²) in [7, 11) is 0. The largest absolute Gasteiger partial charge is 0.456 e. The number of benzene rings is 2. The number of aliphatic hydroxyl groups is 1. The van der Waals surface area contributed by atoms with Gasteiger partial charge in [-0.25, -0.2) is 0 Å². The summed E-state index contributed by atoms with van der Waals surface area (Å²) >= 11 is 0. The highest BCUT2D eigenvalue weighted by Crippen LogP contribution is 2.39. The second-order valence-corrected chi connectivity index (χ2v) is 6.78. The minimum Gasteiger partial charge on any atom is -0.384 e. The van der Waals surface area contributed by atoms with Gasteiger partial charge in [0.1, 0.15) is 6.10 Å². The van der Waals surface area contributed by atoms with Crippen LogP contribution in [0.4, 0.5) is 22.0 Å². The number of hydrogen-bond acceptors (Lipinski definition) is 3. The SMILES string of the molecule is O=C(NCCCC(NC(=O)c1ccccc1)C(O)C(F)(F)C(F)(F)F)c1ccccc1. The quantitative estimate of drug-likeness (QED) is 0.409. The van der Waals surface area contributed by atoms with Crippen molar-refractivity contribution in [3.8, 4) is 0 Å². The van der Waals surface area contributed by atoms with Crippen molar-refractivity contribution in [2.45, 2.75) is 37.1 Å². The molecule has 10 heteroatoms. The Balaban J connectivity index is 2.04. The molecule has 0 bridgehead atoms. The lowest BCUT2D eigenvalue weighted by molar-refractivity contribution is -0.316. The van der Waals surface area contributed by atoms with Crippen molar-refractivity contribution in [1.82, 2.24) is 10.6 Å². The van der Waals surface area contributed by atoms with E-state index in [9.17, 15) is 36.6 Å². The van der Waals surface area contributed by atoms with E-state index in [1.165, 1.54) is 24.3 Å². The first-order chi connectivity index (χ1) is 14.5. The van der Waals surface area contributed by atoms with Crippen LogP contribution in [0.3, 0.4) is 0 Å². The maximum absolute atomic E-state index is 13.7. The lowest BCUT2D eigenvalue weighted by atomic mass is 9.98. The van der Waals surface area contributed by atoms with Crippen molar-refractivity contribution in [2.24, 2.45) is 0 Å². The van der Waals surface area contributed by atoms with Gasteiger partial charge in [0.25, 0.3) is 11.8 Å². The van der Waals surface area contributed by atoms with Crippen LogP contribution in [0.5, 0.6) is 0 Å². The molecule has 2 unspecified atom stereocenters. The van der Waals surface area contributed by atoms with Crippen molar-refractivity contribution < 1.29 is 36.6 Å². The summed E-state index contributed by atoms with van der Waals surface area (Å²) in [6.45, 7) is -0.0598. The van der Waals surface area contributed by atoms with Crippen molar-refractivity contribution in [3.63, 3.8) is 0 Å². The second kappa shape index (κ2) is 10.3. The van der Waals surface area contributed by atoms with Gasteiger partial charge in [0.05, 0.1) is 6.04 Å². The first-order valence-electron chi connectivity index (χ1n) is 9.36. The molecule has 2 rings (SSSR count).